The first-order valence-corrected chi connectivity index (χ1v) is 9.21. The molecule has 112 valence electrons. The number of urea groups is 1. The third kappa shape index (κ3) is 2.98. The molecule has 1 N–H and O–H groups in total. The number of amides is 2. The van der Waals surface area contributed by atoms with Crippen molar-refractivity contribution in [2.75, 3.05) is 12.3 Å². The lowest BCUT2D eigenvalue weighted by Gasteiger charge is -2.37. The van der Waals surface area contributed by atoms with E-state index in [1.165, 1.54) is 0 Å². The monoisotopic (exact) mass is 316 g/mol. The molecule has 0 spiro atoms. The Kier molecular flexibility index (Phi) is 4.39. The normalized spacial score (nSPS) is 25.4. The first-order chi connectivity index (χ1) is 9.33. The molecule has 1 aliphatic rings. The first-order valence-electron chi connectivity index (χ1n) is 6.62. The highest BCUT2D eigenvalue weighted by Crippen LogP contribution is 2.20. The lowest BCUT2D eigenvalue weighted by Crippen LogP contribution is -2.56. The summed E-state index contributed by atoms with van der Waals surface area (Å²) in [5.41, 5.74) is 1.16. The van der Waals surface area contributed by atoms with E-state index >= 15 is 0 Å². The summed E-state index contributed by atoms with van der Waals surface area (Å²) < 4.78 is 23.6. The zero-order valence-electron chi connectivity index (χ0n) is 11.9. The average Bonchev–Trinajstić information content (AvgIpc) is 2.79. The molecule has 1 aromatic rings. The molecular formula is C13H20N2O3S2. The Hall–Kier alpha value is -1.08. The van der Waals surface area contributed by atoms with Gasteiger partial charge in [-0.25, -0.2) is 13.2 Å². The van der Waals surface area contributed by atoms with Crippen LogP contribution in [0.3, 0.4) is 0 Å². The van der Waals surface area contributed by atoms with Gasteiger partial charge in [0.1, 0.15) is 0 Å². The topological polar surface area (TPSA) is 66.5 Å². The minimum atomic E-state index is -3.06. The van der Waals surface area contributed by atoms with Crippen LogP contribution in [0.25, 0.3) is 0 Å². The van der Waals surface area contributed by atoms with Crippen molar-refractivity contribution in [3.05, 3.63) is 21.9 Å². The Balaban J connectivity index is 1.98. The van der Waals surface area contributed by atoms with Crippen molar-refractivity contribution in [1.82, 2.24) is 10.2 Å². The van der Waals surface area contributed by atoms with Crippen molar-refractivity contribution in [1.29, 1.82) is 0 Å². The molecule has 1 aliphatic heterocycles. The van der Waals surface area contributed by atoms with Crippen LogP contribution >= 0.6 is 11.3 Å². The molecule has 1 aromatic heterocycles. The van der Waals surface area contributed by atoms with E-state index in [-0.39, 0.29) is 24.4 Å². The van der Waals surface area contributed by atoms with Crippen molar-refractivity contribution in [2.45, 2.75) is 38.6 Å². The molecule has 2 heterocycles. The van der Waals surface area contributed by atoms with Crippen LogP contribution in [0.5, 0.6) is 0 Å². The van der Waals surface area contributed by atoms with Crippen molar-refractivity contribution < 1.29 is 13.2 Å². The molecule has 7 heteroatoms. The maximum Gasteiger partial charge on any atom is 0.318 e. The summed E-state index contributed by atoms with van der Waals surface area (Å²) in [5, 5.41) is 4.36. The fourth-order valence-corrected chi connectivity index (χ4v) is 4.71. The molecule has 2 amide bonds. The van der Waals surface area contributed by atoms with Crippen molar-refractivity contribution >= 4 is 27.2 Å². The Bertz CT molecular complexity index is 595. The van der Waals surface area contributed by atoms with Crippen molar-refractivity contribution in [3.63, 3.8) is 0 Å². The van der Waals surface area contributed by atoms with E-state index in [9.17, 15) is 13.2 Å². The van der Waals surface area contributed by atoms with Gasteiger partial charge in [0.25, 0.3) is 0 Å². The van der Waals surface area contributed by atoms with Gasteiger partial charge in [0, 0.05) is 17.5 Å². The van der Waals surface area contributed by atoms with Crippen LogP contribution in [0.2, 0.25) is 0 Å². The van der Waals surface area contributed by atoms with Gasteiger partial charge in [-0.1, -0.05) is 0 Å². The first kappa shape index (κ1) is 15.3. The van der Waals surface area contributed by atoms with Crippen LogP contribution < -0.4 is 5.32 Å². The number of nitrogens with one attached hydrogen (secondary N) is 1. The van der Waals surface area contributed by atoms with E-state index in [1.54, 1.807) is 30.1 Å². The molecule has 1 saturated heterocycles. The third-order valence-electron chi connectivity index (χ3n) is 3.98. The highest BCUT2D eigenvalue weighted by atomic mass is 32.2. The van der Waals surface area contributed by atoms with Gasteiger partial charge in [0.05, 0.1) is 17.5 Å². The number of rotatable bonds is 2. The quantitative estimate of drug-likeness (QED) is 0.904. The van der Waals surface area contributed by atoms with Crippen LogP contribution in [0, 0.1) is 6.92 Å². The second-order valence-corrected chi connectivity index (χ2v) is 8.67. The fraction of sp³-hybridized carbons (Fsp3) is 0.615. The molecule has 0 radical (unpaired) electrons. The Morgan fingerprint density at radius 2 is 2.20 bits per heavy atom. The average molecular weight is 316 g/mol. The van der Waals surface area contributed by atoms with Gasteiger partial charge in [-0.15, -0.1) is 11.3 Å². The number of hydrogen-bond donors (Lipinski definition) is 1. The summed E-state index contributed by atoms with van der Waals surface area (Å²) in [5.74, 6) is 0.0456. The van der Waals surface area contributed by atoms with E-state index in [4.69, 9.17) is 0 Å². The van der Waals surface area contributed by atoms with Gasteiger partial charge in [-0.3, -0.25) is 0 Å². The molecule has 1 fully saturated rings. The summed E-state index contributed by atoms with van der Waals surface area (Å²) >= 11 is 1.61. The van der Waals surface area contributed by atoms with Gasteiger partial charge in [0.2, 0.25) is 0 Å². The minimum Gasteiger partial charge on any atom is -0.333 e. The summed E-state index contributed by atoms with van der Waals surface area (Å²) in [4.78, 5) is 14.9. The molecule has 0 bridgehead atoms. The molecule has 2 atom stereocenters. The standard InChI is InChI=1S/C13H20N2O3S2/c1-9-4-6-19-12(9)8-14-13(16)15-5-7-20(17,18)11(3)10(15)2/h4,6,10-11H,5,7-8H2,1-3H3,(H,14,16). The Labute approximate surface area is 123 Å². The van der Waals surface area contributed by atoms with Crippen LogP contribution in [-0.2, 0) is 16.4 Å². The van der Waals surface area contributed by atoms with E-state index in [1.807, 2.05) is 18.4 Å². The lowest BCUT2D eigenvalue weighted by molar-refractivity contribution is 0.178. The Morgan fingerprint density at radius 3 is 2.80 bits per heavy atom. The lowest BCUT2D eigenvalue weighted by atomic mass is 10.2. The maximum atomic E-state index is 12.2. The predicted octanol–water partition coefficient (Wildman–Crippen LogP) is 1.77. The number of nitrogens with zero attached hydrogens (tertiary/aromatic N) is 1. The smallest absolute Gasteiger partial charge is 0.318 e. The fourth-order valence-electron chi connectivity index (χ4n) is 2.30. The molecule has 0 saturated carbocycles. The highest BCUT2D eigenvalue weighted by Gasteiger charge is 2.37. The van der Waals surface area contributed by atoms with Gasteiger partial charge in [-0.2, -0.15) is 0 Å². The number of carbonyl (C=O) groups excluding carboxylic acids is 1. The van der Waals surface area contributed by atoms with Crippen molar-refractivity contribution in [3.8, 4) is 0 Å². The summed E-state index contributed by atoms with van der Waals surface area (Å²) in [6.45, 7) is 6.23. The number of sulfone groups is 1. The van der Waals surface area contributed by atoms with Gasteiger partial charge >= 0.3 is 6.03 Å². The second-order valence-electron chi connectivity index (χ2n) is 5.19. The number of thiophene rings is 1. The molecular weight excluding hydrogens is 296 g/mol. The van der Waals surface area contributed by atoms with E-state index in [2.05, 4.69) is 5.32 Å². The summed E-state index contributed by atoms with van der Waals surface area (Å²) in [6.07, 6.45) is 0. The second kappa shape index (κ2) is 5.73. The molecule has 20 heavy (non-hydrogen) atoms. The van der Waals surface area contributed by atoms with Crippen molar-refractivity contribution in [2.24, 2.45) is 0 Å². The molecule has 0 aliphatic carbocycles. The van der Waals surface area contributed by atoms with Gasteiger partial charge in [-0.05, 0) is 37.8 Å². The minimum absolute atomic E-state index is 0.0456. The zero-order chi connectivity index (χ0) is 14.9. The maximum absolute atomic E-state index is 12.2. The van der Waals surface area contributed by atoms with Crippen LogP contribution in [-0.4, -0.2) is 42.9 Å². The largest absolute Gasteiger partial charge is 0.333 e. The molecule has 2 rings (SSSR count). The third-order valence-corrected chi connectivity index (χ3v) is 7.28. The molecule has 5 nitrogen and oxygen atoms in total. The number of carbonyl (C=O) groups is 1. The van der Waals surface area contributed by atoms with E-state index < -0.39 is 15.1 Å². The summed E-state index contributed by atoms with van der Waals surface area (Å²) in [7, 11) is -3.06. The number of aryl methyl sites for hydroxylation is 1. The van der Waals surface area contributed by atoms with Gasteiger partial charge in [0.15, 0.2) is 9.84 Å². The highest BCUT2D eigenvalue weighted by molar-refractivity contribution is 7.92. The van der Waals surface area contributed by atoms with Crippen LogP contribution in [0.1, 0.15) is 24.3 Å². The molecule has 0 aromatic carbocycles. The predicted molar refractivity (Wildman–Crippen MR) is 80.7 cm³/mol. The molecule has 2 unspecified atom stereocenters. The van der Waals surface area contributed by atoms with Crippen LogP contribution in [0.4, 0.5) is 4.79 Å². The zero-order valence-corrected chi connectivity index (χ0v) is 13.6. The van der Waals surface area contributed by atoms with E-state index in [0.717, 1.165) is 10.4 Å². The summed E-state index contributed by atoms with van der Waals surface area (Å²) in [6, 6.07) is 1.54. The van der Waals surface area contributed by atoms with Gasteiger partial charge < -0.3 is 10.2 Å². The Morgan fingerprint density at radius 1 is 1.50 bits per heavy atom. The SMILES string of the molecule is Cc1ccsc1CNC(=O)N1CCS(=O)(=O)C(C)C1C. The number of hydrogen-bond acceptors (Lipinski definition) is 4. The van der Waals surface area contributed by atoms with Crippen LogP contribution in [0.15, 0.2) is 11.4 Å². The van der Waals surface area contributed by atoms with E-state index in [0.29, 0.717) is 6.54 Å².